The van der Waals surface area contributed by atoms with Gasteiger partial charge in [0.25, 0.3) is 0 Å². The van der Waals surface area contributed by atoms with E-state index in [0.29, 0.717) is 4.83 Å². The molecule has 1 unspecified atom stereocenters. The van der Waals surface area contributed by atoms with Crippen LogP contribution in [0.3, 0.4) is 0 Å². The molecular weight excluding hydrogens is 308 g/mol. The number of aryl methyl sites for hydroxylation is 1. The first-order valence-electron chi connectivity index (χ1n) is 8.38. The molecule has 1 atom stereocenters. The molecule has 1 heteroatoms. The van der Waals surface area contributed by atoms with Crippen molar-refractivity contribution in [3.63, 3.8) is 0 Å². The summed E-state index contributed by atoms with van der Waals surface area (Å²) in [6.45, 7) is 4.49. The maximum atomic E-state index is 3.97. The standard InChI is InChI=1S/C19H29Br/c1-3-4-7-16-9-11-18(12-10-16)19(20)14-17-8-5-6-15(2)13-17/h5-6,8,13,16,18-19H,3-4,7,9-12,14H2,1-2H3. The van der Waals surface area contributed by atoms with E-state index in [-0.39, 0.29) is 0 Å². The summed E-state index contributed by atoms with van der Waals surface area (Å²) in [7, 11) is 0. The Morgan fingerprint density at radius 2 is 1.95 bits per heavy atom. The lowest BCUT2D eigenvalue weighted by Gasteiger charge is -2.31. The Bertz CT molecular complexity index is 391. The minimum Gasteiger partial charge on any atom is -0.0884 e. The van der Waals surface area contributed by atoms with Gasteiger partial charge in [-0.05, 0) is 43.6 Å². The Morgan fingerprint density at radius 3 is 2.60 bits per heavy atom. The molecule has 1 saturated carbocycles. The van der Waals surface area contributed by atoms with Crippen LogP contribution in [0, 0.1) is 18.8 Å². The first-order chi connectivity index (χ1) is 9.69. The number of rotatable bonds is 6. The van der Waals surface area contributed by atoms with E-state index in [2.05, 4.69) is 54.0 Å². The van der Waals surface area contributed by atoms with Gasteiger partial charge in [-0.1, -0.05) is 84.8 Å². The van der Waals surface area contributed by atoms with Gasteiger partial charge in [-0.3, -0.25) is 0 Å². The molecule has 0 radical (unpaired) electrons. The fourth-order valence-electron chi connectivity index (χ4n) is 3.56. The Labute approximate surface area is 133 Å². The van der Waals surface area contributed by atoms with Gasteiger partial charge in [-0.15, -0.1) is 0 Å². The molecule has 0 saturated heterocycles. The minimum absolute atomic E-state index is 0.663. The zero-order chi connectivity index (χ0) is 14.4. The summed E-state index contributed by atoms with van der Waals surface area (Å²) in [5.74, 6) is 1.90. The highest BCUT2D eigenvalue weighted by Gasteiger charge is 2.25. The molecule has 1 aliphatic rings. The molecule has 2 rings (SSSR count). The van der Waals surface area contributed by atoms with Crippen molar-refractivity contribution in [2.24, 2.45) is 11.8 Å². The summed E-state index contributed by atoms with van der Waals surface area (Å²) in [6.07, 6.45) is 11.2. The van der Waals surface area contributed by atoms with E-state index in [1.54, 1.807) is 0 Å². The van der Waals surface area contributed by atoms with Gasteiger partial charge in [0, 0.05) is 4.83 Å². The Hall–Kier alpha value is -0.300. The van der Waals surface area contributed by atoms with Crippen LogP contribution in [0.1, 0.15) is 63.0 Å². The molecular formula is C19H29Br. The van der Waals surface area contributed by atoms with Crippen LogP contribution in [-0.2, 0) is 6.42 Å². The molecule has 1 aliphatic carbocycles. The maximum absolute atomic E-state index is 3.97. The Morgan fingerprint density at radius 1 is 1.20 bits per heavy atom. The first kappa shape index (κ1) is 16.1. The van der Waals surface area contributed by atoms with E-state index in [9.17, 15) is 0 Å². The molecule has 1 aromatic rings. The third-order valence-electron chi connectivity index (χ3n) is 4.88. The maximum Gasteiger partial charge on any atom is 0.0214 e. The minimum atomic E-state index is 0.663. The molecule has 0 heterocycles. The van der Waals surface area contributed by atoms with Crippen LogP contribution in [0.25, 0.3) is 0 Å². The molecule has 20 heavy (non-hydrogen) atoms. The van der Waals surface area contributed by atoms with Crippen LogP contribution in [0.4, 0.5) is 0 Å². The van der Waals surface area contributed by atoms with Crippen molar-refractivity contribution >= 4 is 15.9 Å². The number of hydrogen-bond donors (Lipinski definition) is 0. The summed E-state index contributed by atoms with van der Waals surface area (Å²) < 4.78 is 0. The second kappa shape index (κ2) is 8.22. The highest BCUT2D eigenvalue weighted by atomic mass is 79.9. The predicted octanol–water partition coefficient (Wildman–Crippen LogP) is 6.30. The van der Waals surface area contributed by atoms with Gasteiger partial charge >= 0.3 is 0 Å². The highest BCUT2D eigenvalue weighted by Crippen LogP contribution is 2.36. The molecule has 1 aromatic carbocycles. The summed E-state index contributed by atoms with van der Waals surface area (Å²) >= 11 is 3.97. The third kappa shape index (κ3) is 4.91. The van der Waals surface area contributed by atoms with Gasteiger partial charge in [0.15, 0.2) is 0 Å². The topological polar surface area (TPSA) is 0 Å². The number of benzene rings is 1. The van der Waals surface area contributed by atoms with Gasteiger partial charge in [0.05, 0.1) is 0 Å². The fourth-order valence-corrected chi connectivity index (χ4v) is 4.46. The van der Waals surface area contributed by atoms with E-state index in [1.165, 1.54) is 62.5 Å². The normalized spacial score (nSPS) is 24.6. The lowest BCUT2D eigenvalue weighted by Crippen LogP contribution is -2.23. The monoisotopic (exact) mass is 336 g/mol. The van der Waals surface area contributed by atoms with E-state index >= 15 is 0 Å². The molecule has 0 amide bonds. The lowest BCUT2D eigenvalue weighted by atomic mass is 9.78. The smallest absolute Gasteiger partial charge is 0.0214 e. The van der Waals surface area contributed by atoms with Crippen molar-refractivity contribution in [2.45, 2.75) is 70.0 Å². The van der Waals surface area contributed by atoms with E-state index in [0.717, 1.165) is 11.8 Å². The number of hydrogen-bond acceptors (Lipinski definition) is 0. The second-order valence-corrected chi connectivity index (χ2v) is 7.81. The average molecular weight is 337 g/mol. The summed E-state index contributed by atoms with van der Waals surface area (Å²) in [5.41, 5.74) is 2.87. The molecule has 0 aromatic heterocycles. The van der Waals surface area contributed by atoms with Crippen molar-refractivity contribution in [2.75, 3.05) is 0 Å². The summed E-state index contributed by atoms with van der Waals surface area (Å²) in [5, 5.41) is 0. The third-order valence-corrected chi connectivity index (χ3v) is 5.95. The van der Waals surface area contributed by atoms with Crippen LogP contribution in [0.5, 0.6) is 0 Å². The number of halogens is 1. The average Bonchev–Trinajstić information content (AvgIpc) is 2.45. The highest BCUT2D eigenvalue weighted by molar-refractivity contribution is 9.09. The van der Waals surface area contributed by atoms with Crippen LogP contribution in [-0.4, -0.2) is 4.83 Å². The molecule has 0 spiro atoms. The van der Waals surface area contributed by atoms with Crippen molar-refractivity contribution in [1.82, 2.24) is 0 Å². The van der Waals surface area contributed by atoms with Crippen molar-refractivity contribution in [3.8, 4) is 0 Å². The number of unbranched alkanes of at least 4 members (excludes halogenated alkanes) is 1. The van der Waals surface area contributed by atoms with Crippen LogP contribution < -0.4 is 0 Å². The molecule has 0 nitrogen and oxygen atoms in total. The molecule has 1 fully saturated rings. The lowest BCUT2D eigenvalue weighted by molar-refractivity contribution is 0.256. The van der Waals surface area contributed by atoms with Gasteiger partial charge < -0.3 is 0 Å². The van der Waals surface area contributed by atoms with Crippen LogP contribution in [0.2, 0.25) is 0 Å². The first-order valence-corrected chi connectivity index (χ1v) is 9.30. The van der Waals surface area contributed by atoms with Crippen LogP contribution in [0.15, 0.2) is 24.3 Å². The zero-order valence-electron chi connectivity index (χ0n) is 13.1. The van der Waals surface area contributed by atoms with Crippen LogP contribution >= 0.6 is 15.9 Å². The van der Waals surface area contributed by atoms with E-state index in [1.807, 2.05) is 0 Å². The predicted molar refractivity (Wildman–Crippen MR) is 92.6 cm³/mol. The van der Waals surface area contributed by atoms with Gasteiger partial charge in [-0.2, -0.15) is 0 Å². The Balaban J connectivity index is 1.78. The fraction of sp³-hybridized carbons (Fsp3) is 0.684. The largest absolute Gasteiger partial charge is 0.0884 e. The Kier molecular flexibility index (Phi) is 6.61. The van der Waals surface area contributed by atoms with Gasteiger partial charge in [0.2, 0.25) is 0 Å². The van der Waals surface area contributed by atoms with Crippen molar-refractivity contribution < 1.29 is 0 Å². The molecule has 112 valence electrons. The van der Waals surface area contributed by atoms with Gasteiger partial charge in [-0.25, -0.2) is 0 Å². The van der Waals surface area contributed by atoms with Gasteiger partial charge in [0.1, 0.15) is 0 Å². The molecule has 0 aliphatic heterocycles. The van der Waals surface area contributed by atoms with Crippen molar-refractivity contribution in [3.05, 3.63) is 35.4 Å². The van der Waals surface area contributed by atoms with E-state index < -0.39 is 0 Å². The summed E-state index contributed by atoms with van der Waals surface area (Å²) in [6, 6.07) is 8.98. The summed E-state index contributed by atoms with van der Waals surface area (Å²) in [4.78, 5) is 0.663. The SMILES string of the molecule is CCCCC1CCC(C(Br)Cc2cccc(C)c2)CC1. The second-order valence-electron chi connectivity index (χ2n) is 6.63. The van der Waals surface area contributed by atoms with E-state index in [4.69, 9.17) is 0 Å². The quantitative estimate of drug-likeness (QED) is 0.535. The molecule has 0 bridgehead atoms. The molecule has 0 N–H and O–H groups in total. The zero-order valence-corrected chi connectivity index (χ0v) is 14.7. The number of alkyl halides is 1. The van der Waals surface area contributed by atoms with Crippen molar-refractivity contribution in [1.29, 1.82) is 0 Å².